The Hall–Kier alpha value is -2.14. The van der Waals surface area contributed by atoms with Crippen LogP contribution in [0.2, 0.25) is 5.02 Å². The summed E-state index contributed by atoms with van der Waals surface area (Å²) in [4.78, 5) is 18.8. The average Bonchev–Trinajstić information content (AvgIpc) is 3.04. The molecule has 22 heavy (non-hydrogen) atoms. The lowest BCUT2D eigenvalue weighted by Gasteiger charge is -2.19. The van der Waals surface area contributed by atoms with E-state index in [0.29, 0.717) is 11.4 Å². The van der Waals surface area contributed by atoms with Crippen molar-refractivity contribution in [1.29, 1.82) is 0 Å². The van der Waals surface area contributed by atoms with E-state index in [9.17, 15) is 9.18 Å². The maximum absolute atomic E-state index is 13.8. The molecular formula is C16H15ClFN3O. The number of hydrogen-bond acceptors (Lipinski definition) is 3. The summed E-state index contributed by atoms with van der Waals surface area (Å²) >= 11 is 5.71. The van der Waals surface area contributed by atoms with Gasteiger partial charge in [0, 0.05) is 24.3 Å². The molecule has 114 valence electrons. The van der Waals surface area contributed by atoms with E-state index >= 15 is 0 Å². The van der Waals surface area contributed by atoms with Gasteiger partial charge in [-0.1, -0.05) is 11.6 Å². The van der Waals surface area contributed by atoms with Gasteiger partial charge in [-0.05, 0) is 43.2 Å². The standard InChI is InChI=1S/C16H15ClFN3O/c17-11-5-6-14(13(18)10-11)20-16(22)12-4-3-7-19-15(12)21-8-1-2-9-21/h3-7,10H,1-2,8-9H2,(H,20,22). The normalized spacial score (nSPS) is 14.2. The number of halogens is 2. The van der Waals surface area contributed by atoms with Crippen LogP contribution in [0.25, 0.3) is 0 Å². The van der Waals surface area contributed by atoms with Crippen molar-refractivity contribution in [2.75, 3.05) is 23.3 Å². The number of carbonyl (C=O) groups is 1. The van der Waals surface area contributed by atoms with Crippen molar-refractivity contribution in [2.45, 2.75) is 12.8 Å². The molecule has 1 N–H and O–H groups in total. The third kappa shape index (κ3) is 3.04. The molecule has 0 bridgehead atoms. The SMILES string of the molecule is O=C(Nc1ccc(Cl)cc1F)c1cccnc1N1CCCC1. The molecular weight excluding hydrogens is 305 g/mol. The number of nitrogens with one attached hydrogen (secondary N) is 1. The van der Waals surface area contributed by atoms with Crippen molar-refractivity contribution in [2.24, 2.45) is 0 Å². The van der Waals surface area contributed by atoms with Gasteiger partial charge in [-0.2, -0.15) is 0 Å². The molecule has 1 aromatic heterocycles. The van der Waals surface area contributed by atoms with E-state index in [1.54, 1.807) is 18.3 Å². The van der Waals surface area contributed by atoms with Crippen LogP contribution >= 0.6 is 11.6 Å². The van der Waals surface area contributed by atoms with Crippen LogP contribution < -0.4 is 10.2 Å². The van der Waals surface area contributed by atoms with E-state index in [2.05, 4.69) is 15.2 Å². The summed E-state index contributed by atoms with van der Waals surface area (Å²) in [6, 6.07) is 7.55. The lowest BCUT2D eigenvalue weighted by molar-refractivity contribution is 0.102. The molecule has 4 nitrogen and oxygen atoms in total. The van der Waals surface area contributed by atoms with Crippen LogP contribution in [-0.2, 0) is 0 Å². The summed E-state index contributed by atoms with van der Waals surface area (Å²) in [5.41, 5.74) is 0.546. The molecule has 0 saturated carbocycles. The van der Waals surface area contributed by atoms with Crippen LogP contribution in [0.4, 0.5) is 15.9 Å². The van der Waals surface area contributed by atoms with Gasteiger partial charge in [0.25, 0.3) is 5.91 Å². The van der Waals surface area contributed by atoms with Gasteiger partial charge < -0.3 is 10.2 Å². The number of benzene rings is 1. The van der Waals surface area contributed by atoms with Gasteiger partial charge in [0.05, 0.1) is 11.3 Å². The molecule has 1 saturated heterocycles. The van der Waals surface area contributed by atoms with Crippen LogP contribution in [-0.4, -0.2) is 24.0 Å². The fourth-order valence-electron chi connectivity index (χ4n) is 2.54. The fraction of sp³-hybridized carbons (Fsp3) is 0.250. The van der Waals surface area contributed by atoms with Gasteiger partial charge in [-0.15, -0.1) is 0 Å². The lowest BCUT2D eigenvalue weighted by atomic mass is 10.2. The van der Waals surface area contributed by atoms with Crippen molar-refractivity contribution >= 4 is 29.0 Å². The maximum atomic E-state index is 13.8. The van der Waals surface area contributed by atoms with Gasteiger partial charge in [-0.25, -0.2) is 9.37 Å². The second-order valence-corrected chi connectivity index (χ2v) is 5.58. The van der Waals surface area contributed by atoms with Gasteiger partial charge in [0.1, 0.15) is 11.6 Å². The predicted molar refractivity (Wildman–Crippen MR) is 85.0 cm³/mol. The van der Waals surface area contributed by atoms with Crippen LogP contribution in [0, 0.1) is 5.82 Å². The number of anilines is 2. The first-order chi connectivity index (χ1) is 10.6. The van der Waals surface area contributed by atoms with Crippen molar-refractivity contribution < 1.29 is 9.18 Å². The van der Waals surface area contributed by atoms with E-state index < -0.39 is 5.82 Å². The molecule has 3 rings (SSSR count). The summed E-state index contributed by atoms with van der Waals surface area (Å²) < 4.78 is 13.8. The Bertz CT molecular complexity index is 702. The zero-order valence-electron chi connectivity index (χ0n) is 11.9. The first kappa shape index (κ1) is 14.8. The molecule has 0 spiro atoms. The number of hydrogen-bond donors (Lipinski definition) is 1. The minimum atomic E-state index is -0.563. The Morgan fingerprint density at radius 1 is 1.27 bits per heavy atom. The number of pyridine rings is 1. The average molecular weight is 320 g/mol. The van der Waals surface area contributed by atoms with Crippen LogP contribution in [0.3, 0.4) is 0 Å². The van der Waals surface area contributed by atoms with E-state index in [1.165, 1.54) is 18.2 Å². The van der Waals surface area contributed by atoms with Crippen LogP contribution in [0.5, 0.6) is 0 Å². The van der Waals surface area contributed by atoms with Crippen molar-refractivity contribution in [3.05, 3.63) is 52.9 Å². The first-order valence-electron chi connectivity index (χ1n) is 7.11. The zero-order chi connectivity index (χ0) is 15.5. The number of amides is 1. The molecule has 2 aromatic rings. The third-order valence-corrected chi connectivity index (χ3v) is 3.85. The third-order valence-electron chi connectivity index (χ3n) is 3.62. The highest BCUT2D eigenvalue weighted by Crippen LogP contribution is 2.24. The largest absolute Gasteiger partial charge is 0.356 e. The summed E-state index contributed by atoms with van der Waals surface area (Å²) in [5.74, 6) is -0.296. The number of nitrogens with zero attached hydrogens (tertiary/aromatic N) is 2. The maximum Gasteiger partial charge on any atom is 0.259 e. The summed E-state index contributed by atoms with van der Waals surface area (Å²) in [7, 11) is 0. The number of carbonyl (C=O) groups excluding carboxylic acids is 1. The van der Waals surface area contributed by atoms with Gasteiger partial charge in [0.2, 0.25) is 0 Å². The zero-order valence-corrected chi connectivity index (χ0v) is 12.6. The van der Waals surface area contributed by atoms with Gasteiger partial charge >= 0.3 is 0 Å². The van der Waals surface area contributed by atoms with Crippen LogP contribution in [0.1, 0.15) is 23.2 Å². The Labute approximate surface area is 132 Å². The van der Waals surface area contributed by atoms with Gasteiger partial charge in [0.15, 0.2) is 0 Å². The predicted octanol–water partition coefficient (Wildman–Crippen LogP) is 3.73. The second kappa shape index (κ2) is 6.32. The number of rotatable bonds is 3. The highest BCUT2D eigenvalue weighted by Gasteiger charge is 2.21. The van der Waals surface area contributed by atoms with Crippen molar-refractivity contribution in [3.8, 4) is 0 Å². The second-order valence-electron chi connectivity index (χ2n) is 5.15. The molecule has 1 aliphatic rings. The quantitative estimate of drug-likeness (QED) is 0.937. The summed E-state index contributed by atoms with van der Waals surface area (Å²) in [5, 5.41) is 2.87. The van der Waals surface area contributed by atoms with Crippen LogP contribution in [0.15, 0.2) is 36.5 Å². The highest BCUT2D eigenvalue weighted by molar-refractivity contribution is 6.30. The topological polar surface area (TPSA) is 45.2 Å². The Morgan fingerprint density at radius 3 is 2.77 bits per heavy atom. The molecule has 1 fully saturated rings. The number of aromatic nitrogens is 1. The molecule has 0 atom stereocenters. The van der Waals surface area contributed by atoms with E-state index in [0.717, 1.165) is 25.9 Å². The first-order valence-corrected chi connectivity index (χ1v) is 7.49. The Morgan fingerprint density at radius 2 is 2.05 bits per heavy atom. The smallest absolute Gasteiger partial charge is 0.259 e. The molecule has 0 unspecified atom stereocenters. The molecule has 0 aliphatic carbocycles. The molecule has 0 radical (unpaired) electrons. The molecule has 1 aliphatic heterocycles. The molecule has 1 aromatic carbocycles. The lowest BCUT2D eigenvalue weighted by Crippen LogP contribution is -2.24. The molecule has 1 amide bonds. The van der Waals surface area contributed by atoms with Crippen molar-refractivity contribution in [1.82, 2.24) is 4.98 Å². The summed E-state index contributed by atoms with van der Waals surface area (Å²) in [6.07, 6.45) is 3.83. The van der Waals surface area contributed by atoms with E-state index in [1.807, 2.05) is 0 Å². The monoisotopic (exact) mass is 319 g/mol. The Kier molecular flexibility index (Phi) is 4.24. The van der Waals surface area contributed by atoms with E-state index in [-0.39, 0.29) is 16.6 Å². The fourth-order valence-corrected chi connectivity index (χ4v) is 2.69. The minimum absolute atomic E-state index is 0.102. The minimum Gasteiger partial charge on any atom is -0.356 e. The van der Waals surface area contributed by atoms with E-state index in [4.69, 9.17) is 11.6 Å². The highest BCUT2D eigenvalue weighted by atomic mass is 35.5. The molecule has 2 heterocycles. The van der Waals surface area contributed by atoms with Crippen molar-refractivity contribution in [3.63, 3.8) is 0 Å². The summed E-state index contributed by atoms with van der Waals surface area (Å²) in [6.45, 7) is 1.76. The van der Waals surface area contributed by atoms with Gasteiger partial charge in [-0.3, -0.25) is 4.79 Å². The molecule has 6 heteroatoms. The Balaban J connectivity index is 1.86.